The van der Waals surface area contributed by atoms with Crippen LogP contribution in [0.25, 0.3) is 0 Å². The van der Waals surface area contributed by atoms with E-state index in [0.29, 0.717) is 12.0 Å². The van der Waals surface area contributed by atoms with E-state index in [1.165, 1.54) is 11.9 Å². The summed E-state index contributed by atoms with van der Waals surface area (Å²) in [4.78, 5) is 24.5. The Morgan fingerprint density at radius 3 is 2.17 bits per heavy atom. The molecule has 1 unspecified atom stereocenters. The maximum Gasteiger partial charge on any atom is 0.326 e. The molecule has 4 nitrogen and oxygen atoms in total. The van der Waals surface area contributed by atoms with Crippen molar-refractivity contribution in [3.8, 4) is 0 Å². The lowest BCUT2D eigenvalue weighted by Crippen LogP contribution is -2.41. The van der Waals surface area contributed by atoms with Gasteiger partial charge in [-0.05, 0) is 24.6 Å². The Kier molecular flexibility index (Phi) is 5.34. The summed E-state index contributed by atoms with van der Waals surface area (Å²) in [6.45, 7) is 1.74. The van der Waals surface area contributed by atoms with Crippen molar-refractivity contribution in [2.75, 3.05) is 7.05 Å². The van der Waals surface area contributed by atoms with Crippen LogP contribution < -0.4 is 0 Å². The van der Waals surface area contributed by atoms with Crippen molar-refractivity contribution in [3.05, 3.63) is 32.7 Å². The van der Waals surface area contributed by atoms with E-state index in [-0.39, 0.29) is 5.91 Å². The zero-order valence-electron chi connectivity index (χ0n) is 9.98. The number of likely N-dealkylation sites (N-methyl/N-ethyl adjacent to an activating group) is 1. The van der Waals surface area contributed by atoms with Gasteiger partial charge in [-0.2, -0.15) is 0 Å². The zero-order chi connectivity index (χ0) is 13.9. The monoisotopic (exact) mass is 377 g/mol. The number of benzene rings is 1. The van der Waals surface area contributed by atoms with Gasteiger partial charge in [0.15, 0.2) is 0 Å². The van der Waals surface area contributed by atoms with Crippen LogP contribution in [0.2, 0.25) is 0 Å². The summed E-state index contributed by atoms with van der Waals surface area (Å²) in [6, 6.07) is 4.33. The van der Waals surface area contributed by atoms with Crippen molar-refractivity contribution < 1.29 is 14.7 Å². The molecular formula is C12H13Br2NO3. The topological polar surface area (TPSA) is 57.6 Å². The van der Waals surface area contributed by atoms with E-state index in [9.17, 15) is 9.59 Å². The van der Waals surface area contributed by atoms with Crippen LogP contribution in [-0.4, -0.2) is 35.0 Å². The molecule has 1 rings (SSSR count). The Balaban J connectivity index is 3.02. The van der Waals surface area contributed by atoms with Crippen LogP contribution in [0.4, 0.5) is 0 Å². The molecule has 1 aromatic rings. The Morgan fingerprint density at radius 1 is 1.28 bits per heavy atom. The SMILES string of the molecule is CCC(C(=O)O)N(C)C(=O)c1cc(Br)cc(Br)c1. The molecule has 0 heterocycles. The van der Waals surface area contributed by atoms with E-state index in [0.717, 1.165) is 8.95 Å². The molecule has 0 aliphatic rings. The number of carboxylic acids is 1. The smallest absolute Gasteiger partial charge is 0.326 e. The average Bonchev–Trinajstić information content (AvgIpc) is 2.26. The number of hydrogen-bond acceptors (Lipinski definition) is 2. The van der Waals surface area contributed by atoms with Gasteiger partial charge in [-0.3, -0.25) is 4.79 Å². The van der Waals surface area contributed by atoms with Crippen molar-refractivity contribution in [2.24, 2.45) is 0 Å². The summed E-state index contributed by atoms with van der Waals surface area (Å²) >= 11 is 6.59. The Hall–Kier alpha value is -0.880. The Morgan fingerprint density at radius 2 is 1.78 bits per heavy atom. The second-order valence-electron chi connectivity index (χ2n) is 3.84. The highest BCUT2D eigenvalue weighted by Crippen LogP contribution is 2.21. The predicted octanol–water partition coefficient (Wildman–Crippen LogP) is 3.15. The third-order valence-electron chi connectivity index (χ3n) is 2.57. The van der Waals surface area contributed by atoms with Gasteiger partial charge in [0.2, 0.25) is 0 Å². The van der Waals surface area contributed by atoms with Crippen LogP contribution in [0.1, 0.15) is 23.7 Å². The molecule has 1 atom stereocenters. The van der Waals surface area contributed by atoms with Crippen LogP contribution in [0, 0.1) is 0 Å². The third kappa shape index (κ3) is 3.55. The highest BCUT2D eigenvalue weighted by Gasteiger charge is 2.25. The maximum atomic E-state index is 12.2. The van der Waals surface area contributed by atoms with E-state index in [1.54, 1.807) is 19.1 Å². The number of aliphatic carboxylic acids is 1. The highest BCUT2D eigenvalue weighted by atomic mass is 79.9. The van der Waals surface area contributed by atoms with Crippen molar-refractivity contribution in [2.45, 2.75) is 19.4 Å². The van der Waals surface area contributed by atoms with Gasteiger partial charge in [0.05, 0.1) is 0 Å². The molecule has 98 valence electrons. The molecule has 0 bridgehead atoms. The van der Waals surface area contributed by atoms with Crippen LogP contribution in [0.15, 0.2) is 27.1 Å². The van der Waals surface area contributed by atoms with E-state index < -0.39 is 12.0 Å². The van der Waals surface area contributed by atoms with Gasteiger partial charge >= 0.3 is 5.97 Å². The van der Waals surface area contributed by atoms with Crippen LogP contribution in [-0.2, 0) is 4.79 Å². The number of halogens is 2. The van der Waals surface area contributed by atoms with E-state index in [2.05, 4.69) is 31.9 Å². The molecule has 1 aromatic carbocycles. The minimum Gasteiger partial charge on any atom is -0.480 e. The van der Waals surface area contributed by atoms with Crippen molar-refractivity contribution in [1.82, 2.24) is 4.90 Å². The molecule has 1 amide bonds. The Bertz CT molecular complexity index is 456. The second-order valence-corrected chi connectivity index (χ2v) is 5.67. The number of carbonyl (C=O) groups excluding carboxylic acids is 1. The fourth-order valence-electron chi connectivity index (χ4n) is 1.64. The van der Waals surface area contributed by atoms with Gasteiger partial charge in [-0.1, -0.05) is 38.8 Å². The fourth-order valence-corrected chi connectivity index (χ4v) is 2.93. The summed E-state index contributed by atoms with van der Waals surface area (Å²) in [5.41, 5.74) is 0.443. The number of carbonyl (C=O) groups is 2. The molecule has 0 fully saturated rings. The summed E-state index contributed by atoms with van der Waals surface area (Å²) < 4.78 is 1.52. The molecule has 0 saturated heterocycles. The van der Waals surface area contributed by atoms with Crippen molar-refractivity contribution >= 4 is 43.7 Å². The predicted molar refractivity (Wildman–Crippen MR) is 75.7 cm³/mol. The number of nitrogens with zero attached hydrogens (tertiary/aromatic N) is 1. The minimum absolute atomic E-state index is 0.314. The van der Waals surface area contributed by atoms with E-state index in [4.69, 9.17) is 5.11 Å². The molecule has 0 aliphatic heterocycles. The van der Waals surface area contributed by atoms with Gasteiger partial charge in [-0.25, -0.2) is 4.79 Å². The molecule has 0 aromatic heterocycles. The molecule has 1 N–H and O–H groups in total. The molecule has 18 heavy (non-hydrogen) atoms. The number of rotatable bonds is 4. The first kappa shape index (κ1) is 15.2. The minimum atomic E-state index is -0.998. The average molecular weight is 379 g/mol. The largest absolute Gasteiger partial charge is 0.480 e. The number of amides is 1. The number of carboxylic acid groups (broad SMARTS) is 1. The van der Waals surface area contributed by atoms with E-state index >= 15 is 0 Å². The first-order valence-corrected chi connectivity index (χ1v) is 6.91. The molecular weight excluding hydrogens is 366 g/mol. The lowest BCUT2D eigenvalue weighted by molar-refractivity contribution is -0.142. The van der Waals surface area contributed by atoms with Gasteiger partial charge in [-0.15, -0.1) is 0 Å². The third-order valence-corrected chi connectivity index (χ3v) is 3.48. The first-order valence-electron chi connectivity index (χ1n) is 5.32. The van der Waals surface area contributed by atoms with Crippen LogP contribution in [0.3, 0.4) is 0 Å². The highest BCUT2D eigenvalue weighted by molar-refractivity contribution is 9.11. The molecule has 0 aliphatic carbocycles. The van der Waals surface area contributed by atoms with Gasteiger partial charge in [0, 0.05) is 21.6 Å². The quantitative estimate of drug-likeness (QED) is 0.875. The molecule has 0 radical (unpaired) electrons. The Labute approximate surface area is 122 Å². The second kappa shape index (κ2) is 6.33. The lowest BCUT2D eigenvalue weighted by atomic mass is 10.1. The van der Waals surface area contributed by atoms with Crippen molar-refractivity contribution in [3.63, 3.8) is 0 Å². The summed E-state index contributed by atoms with van der Waals surface area (Å²) in [7, 11) is 1.50. The summed E-state index contributed by atoms with van der Waals surface area (Å²) in [6.07, 6.45) is 0.368. The zero-order valence-corrected chi connectivity index (χ0v) is 13.2. The standard InChI is InChI=1S/C12H13Br2NO3/c1-3-10(12(17)18)15(2)11(16)7-4-8(13)6-9(14)5-7/h4-6,10H,3H2,1-2H3,(H,17,18). The molecule has 0 spiro atoms. The normalized spacial score (nSPS) is 12.0. The maximum absolute atomic E-state index is 12.2. The van der Waals surface area contributed by atoms with Gasteiger partial charge in [0.25, 0.3) is 5.91 Å². The molecule has 0 saturated carbocycles. The summed E-state index contributed by atoms with van der Waals surface area (Å²) in [5.74, 6) is -1.31. The van der Waals surface area contributed by atoms with Gasteiger partial charge in [0.1, 0.15) is 6.04 Å². The molecule has 6 heteroatoms. The number of hydrogen-bond donors (Lipinski definition) is 1. The van der Waals surface area contributed by atoms with Crippen molar-refractivity contribution in [1.29, 1.82) is 0 Å². The fraction of sp³-hybridized carbons (Fsp3) is 0.333. The van der Waals surface area contributed by atoms with Gasteiger partial charge < -0.3 is 10.0 Å². The van der Waals surface area contributed by atoms with Crippen LogP contribution in [0.5, 0.6) is 0 Å². The summed E-state index contributed by atoms with van der Waals surface area (Å²) in [5, 5.41) is 9.04. The first-order chi connectivity index (χ1) is 8.36. The lowest BCUT2D eigenvalue weighted by Gasteiger charge is -2.23. The van der Waals surface area contributed by atoms with Crippen LogP contribution >= 0.6 is 31.9 Å². The van der Waals surface area contributed by atoms with E-state index in [1.807, 2.05) is 6.07 Å².